The number of aryl methyl sites for hydroxylation is 1. The number of fused-ring (bicyclic) bond motifs is 1. The number of hydrogen-bond donors (Lipinski definition) is 3. The molecule has 0 spiro atoms. The van der Waals surface area contributed by atoms with Crippen LogP contribution in [-0.2, 0) is 11.2 Å². The molecule has 3 rings (SSSR count). The molecule has 0 radical (unpaired) electrons. The minimum Gasteiger partial charge on any atom is -0.493 e. The van der Waals surface area contributed by atoms with Crippen LogP contribution in [0.3, 0.4) is 0 Å². The number of carboxylic acid groups (broad SMARTS) is 1. The minimum atomic E-state index is -0.813. The van der Waals surface area contributed by atoms with Gasteiger partial charge in [-0.3, -0.25) is 9.69 Å². The van der Waals surface area contributed by atoms with Crippen molar-refractivity contribution in [2.24, 2.45) is 0 Å². The van der Waals surface area contributed by atoms with Gasteiger partial charge in [-0.05, 0) is 56.0 Å². The molecule has 136 valence electrons. The highest BCUT2D eigenvalue weighted by molar-refractivity contribution is 5.89. The number of carbonyl (C=O) groups excluding carboxylic acids is 1. The minimum absolute atomic E-state index is 0.0529. The van der Waals surface area contributed by atoms with E-state index in [1.54, 1.807) is 0 Å². The quantitative estimate of drug-likeness (QED) is 0.733. The largest absolute Gasteiger partial charge is 0.493 e. The number of amides is 2. The van der Waals surface area contributed by atoms with E-state index in [2.05, 4.69) is 10.6 Å². The van der Waals surface area contributed by atoms with Gasteiger partial charge in [-0.2, -0.15) is 0 Å². The van der Waals surface area contributed by atoms with Crippen LogP contribution in [0.2, 0.25) is 0 Å². The maximum Gasteiger partial charge on any atom is 0.319 e. The van der Waals surface area contributed by atoms with Gasteiger partial charge < -0.3 is 20.5 Å². The molecule has 1 aliphatic carbocycles. The molecule has 0 unspecified atom stereocenters. The Morgan fingerprint density at radius 2 is 2.16 bits per heavy atom. The van der Waals surface area contributed by atoms with E-state index in [0.29, 0.717) is 6.54 Å². The summed E-state index contributed by atoms with van der Waals surface area (Å²) in [5.74, 6) is 0.0875. The van der Waals surface area contributed by atoms with Crippen LogP contribution in [0.5, 0.6) is 5.75 Å². The Morgan fingerprint density at radius 1 is 1.36 bits per heavy atom. The Morgan fingerprint density at radius 3 is 2.88 bits per heavy atom. The van der Waals surface area contributed by atoms with Crippen LogP contribution in [0.25, 0.3) is 0 Å². The Balaban J connectivity index is 1.45. The second kappa shape index (κ2) is 7.74. The summed E-state index contributed by atoms with van der Waals surface area (Å²) in [7, 11) is 0. The maximum absolute atomic E-state index is 12.1. The van der Waals surface area contributed by atoms with E-state index >= 15 is 0 Å². The Kier molecular flexibility index (Phi) is 5.43. The van der Waals surface area contributed by atoms with Crippen molar-refractivity contribution in [1.82, 2.24) is 10.2 Å². The van der Waals surface area contributed by atoms with Crippen molar-refractivity contribution < 1.29 is 19.4 Å². The molecule has 7 heteroatoms. The lowest BCUT2D eigenvalue weighted by Crippen LogP contribution is -2.55. The van der Waals surface area contributed by atoms with Gasteiger partial charge in [0, 0.05) is 17.8 Å². The zero-order chi connectivity index (χ0) is 17.8. The fourth-order valence-electron chi connectivity index (χ4n) is 3.47. The first-order valence-corrected chi connectivity index (χ1v) is 8.84. The van der Waals surface area contributed by atoms with Crippen molar-refractivity contribution in [3.8, 4) is 5.75 Å². The first kappa shape index (κ1) is 17.5. The van der Waals surface area contributed by atoms with Gasteiger partial charge >= 0.3 is 12.0 Å². The van der Waals surface area contributed by atoms with E-state index in [-0.39, 0.29) is 24.7 Å². The summed E-state index contributed by atoms with van der Waals surface area (Å²) in [6.45, 7) is 3.46. The summed E-state index contributed by atoms with van der Waals surface area (Å²) >= 11 is 0. The Labute approximate surface area is 147 Å². The molecule has 0 aromatic heterocycles. The Hall–Kier alpha value is -2.28. The van der Waals surface area contributed by atoms with E-state index < -0.39 is 5.97 Å². The molecule has 2 aliphatic rings. The molecule has 1 fully saturated rings. The fourth-order valence-corrected chi connectivity index (χ4v) is 3.47. The Bertz CT molecular complexity index is 643. The van der Waals surface area contributed by atoms with Crippen LogP contribution in [0.15, 0.2) is 18.2 Å². The van der Waals surface area contributed by atoms with E-state index in [4.69, 9.17) is 9.84 Å². The van der Waals surface area contributed by atoms with Crippen LogP contribution in [-0.4, -0.2) is 53.8 Å². The van der Waals surface area contributed by atoms with Gasteiger partial charge in [-0.25, -0.2) is 4.79 Å². The average molecular weight is 347 g/mol. The number of carbonyl (C=O) groups is 2. The first-order valence-electron chi connectivity index (χ1n) is 8.84. The van der Waals surface area contributed by atoms with Gasteiger partial charge in [-0.15, -0.1) is 0 Å². The lowest BCUT2D eigenvalue weighted by atomic mass is 9.85. The number of likely N-dealkylation sites (N-methyl/N-ethyl adjacent to an activating group) is 1. The van der Waals surface area contributed by atoms with E-state index in [1.807, 2.05) is 30.0 Å². The van der Waals surface area contributed by atoms with Crippen LogP contribution < -0.4 is 15.4 Å². The standard InChI is InChI=1S/C18H25N3O4/c1-2-21(11-17(22)23)15-9-14(10-15)20-18(24)19-13-5-6-16-12(8-13)4-3-7-25-16/h5-6,8,14-15H,2-4,7,9-11H2,1H3,(H,22,23)(H2,19,20,24). The molecule has 1 saturated carbocycles. The highest BCUT2D eigenvalue weighted by Gasteiger charge is 2.34. The molecule has 25 heavy (non-hydrogen) atoms. The number of hydrogen-bond acceptors (Lipinski definition) is 4. The third kappa shape index (κ3) is 4.42. The monoisotopic (exact) mass is 347 g/mol. The van der Waals surface area contributed by atoms with Crippen LogP contribution >= 0.6 is 0 Å². The van der Waals surface area contributed by atoms with Crippen LogP contribution in [0, 0.1) is 0 Å². The number of carboxylic acids is 1. The average Bonchev–Trinajstić information content (AvgIpc) is 2.55. The molecular weight excluding hydrogens is 322 g/mol. The SMILES string of the molecule is CCN(CC(=O)O)C1CC(NC(=O)Nc2ccc3c(c2)CCCO3)C1. The molecule has 1 aromatic rings. The van der Waals surface area contributed by atoms with Gasteiger partial charge in [0.05, 0.1) is 13.2 Å². The number of nitrogens with zero attached hydrogens (tertiary/aromatic N) is 1. The summed E-state index contributed by atoms with van der Waals surface area (Å²) in [4.78, 5) is 24.9. The van der Waals surface area contributed by atoms with E-state index in [0.717, 1.165) is 49.3 Å². The van der Waals surface area contributed by atoms with Crippen molar-refractivity contribution in [1.29, 1.82) is 0 Å². The number of aliphatic carboxylic acids is 1. The normalized spacial score (nSPS) is 21.7. The lowest BCUT2D eigenvalue weighted by Gasteiger charge is -2.42. The fraction of sp³-hybridized carbons (Fsp3) is 0.556. The van der Waals surface area contributed by atoms with E-state index in [1.165, 1.54) is 0 Å². The summed E-state index contributed by atoms with van der Waals surface area (Å²) in [5.41, 5.74) is 1.89. The number of nitrogens with one attached hydrogen (secondary N) is 2. The maximum atomic E-state index is 12.1. The second-order valence-corrected chi connectivity index (χ2v) is 6.65. The molecule has 7 nitrogen and oxygen atoms in total. The summed E-state index contributed by atoms with van der Waals surface area (Å²) in [6.07, 6.45) is 3.53. The summed E-state index contributed by atoms with van der Waals surface area (Å²) in [5, 5.41) is 14.7. The summed E-state index contributed by atoms with van der Waals surface area (Å²) < 4.78 is 5.57. The predicted octanol–water partition coefficient (Wildman–Crippen LogP) is 2.07. The number of urea groups is 1. The molecule has 0 atom stereocenters. The van der Waals surface area contributed by atoms with Crippen molar-refractivity contribution in [3.05, 3.63) is 23.8 Å². The molecule has 1 aromatic carbocycles. The molecule has 2 amide bonds. The molecule has 1 aliphatic heterocycles. The van der Waals surface area contributed by atoms with Gasteiger partial charge in [-0.1, -0.05) is 6.92 Å². The number of benzene rings is 1. The molecule has 0 bridgehead atoms. The van der Waals surface area contributed by atoms with E-state index in [9.17, 15) is 9.59 Å². The third-order valence-electron chi connectivity index (χ3n) is 4.88. The zero-order valence-corrected chi connectivity index (χ0v) is 14.5. The molecule has 3 N–H and O–H groups in total. The van der Waals surface area contributed by atoms with Gasteiger partial charge in [0.1, 0.15) is 5.75 Å². The van der Waals surface area contributed by atoms with Gasteiger partial charge in [0.15, 0.2) is 0 Å². The number of ether oxygens (including phenoxy) is 1. The highest BCUT2D eigenvalue weighted by Crippen LogP contribution is 2.28. The number of rotatable bonds is 6. The van der Waals surface area contributed by atoms with Crippen molar-refractivity contribution in [2.45, 2.75) is 44.7 Å². The molecule has 1 heterocycles. The zero-order valence-electron chi connectivity index (χ0n) is 14.5. The smallest absolute Gasteiger partial charge is 0.319 e. The lowest BCUT2D eigenvalue weighted by molar-refractivity contribution is -0.139. The number of anilines is 1. The predicted molar refractivity (Wildman–Crippen MR) is 94.1 cm³/mol. The van der Waals surface area contributed by atoms with Crippen LogP contribution in [0.4, 0.5) is 10.5 Å². The first-order chi connectivity index (χ1) is 12.0. The second-order valence-electron chi connectivity index (χ2n) is 6.65. The highest BCUT2D eigenvalue weighted by atomic mass is 16.5. The van der Waals surface area contributed by atoms with Crippen molar-refractivity contribution in [3.63, 3.8) is 0 Å². The van der Waals surface area contributed by atoms with Crippen molar-refractivity contribution in [2.75, 3.05) is 25.0 Å². The summed E-state index contributed by atoms with van der Waals surface area (Å²) in [6, 6.07) is 5.80. The van der Waals surface area contributed by atoms with Crippen LogP contribution in [0.1, 0.15) is 31.7 Å². The van der Waals surface area contributed by atoms with Gasteiger partial charge in [0.25, 0.3) is 0 Å². The van der Waals surface area contributed by atoms with Gasteiger partial charge in [0.2, 0.25) is 0 Å². The molecule has 0 saturated heterocycles. The van der Waals surface area contributed by atoms with Crippen molar-refractivity contribution >= 4 is 17.7 Å². The molecular formula is C18H25N3O4. The topological polar surface area (TPSA) is 90.9 Å². The third-order valence-corrected chi connectivity index (χ3v) is 4.88.